The van der Waals surface area contributed by atoms with Crippen molar-refractivity contribution in [3.63, 3.8) is 0 Å². The molecule has 1 fully saturated rings. The predicted octanol–water partition coefficient (Wildman–Crippen LogP) is 2.57. The molecule has 1 aromatic rings. The highest BCUT2D eigenvalue weighted by atomic mass is 35.5. The van der Waals surface area contributed by atoms with Gasteiger partial charge in [-0.05, 0) is 38.2 Å². The Balaban J connectivity index is 1.77. The van der Waals surface area contributed by atoms with Crippen molar-refractivity contribution in [3.05, 3.63) is 18.0 Å². The molecule has 0 spiro atoms. The zero-order valence-electron chi connectivity index (χ0n) is 10.0. The van der Waals surface area contributed by atoms with E-state index in [1.54, 1.807) is 0 Å². The van der Waals surface area contributed by atoms with Crippen LogP contribution in [0, 0.1) is 5.41 Å². The van der Waals surface area contributed by atoms with E-state index in [0.29, 0.717) is 11.5 Å². The monoisotopic (exact) mass is 241 g/mol. The SMILES string of the molecule is CC(C)n1ccc(CNCC2(CCl)CC2)n1. The van der Waals surface area contributed by atoms with Crippen molar-refractivity contribution in [2.45, 2.75) is 39.3 Å². The molecule has 0 aliphatic heterocycles. The summed E-state index contributed by atoms with van der Waals surface area (Å²) in [4.78, 5) is 0. The topological polar surface area (TPSA) is 29.9 Å². The second kappa shape index (κ2) is 4.76. The van der Waals surface area contributed by atoms with E-state index in [-0.39, 0.29) is 0 Å². The number of alkyl halides is 1. The van der Waals surface area contributed by atoms with Crippen LogP contribution < -0.4 is 5.32 Å². The van der Waals surface area contributed by atoms with E-state index in [0.717, 1.165) is 24.7 Å². The quantitative estimate of drug-likeness (QED) is 0.776. The van der Waals surface area contributed by atoms with Crippen LogP contribution >= 0.6 is 11.6 Å². The Hall–Kier alpha value is -0.540. The molecule has 16 heavy (non-hydrogen) atoms. The Morgan fingerprint density at radius 1 is 1.56 bits per heavy atom. The van der Waals surface area contributed by atoms with Crippen molar-refractivity contribution in [1.29, 1.82) is 0 Å². The minimum absolute atomic E-state index is 0.391. The number of hydrogen-bond acceptors (Lipinski definition) is 2. The van der Waals surface area contributed by atoms with Gasteiger partial charge in [0.25, 0.3) is 0 Å². The van der Waals surface area contributed by atoms with E-state index in [4.69, 9.17) is 11.6 Å². The van der Waals surface area contributed by atoms with Crippen LogP contribution in [-0.4, -0.2) is 22.2 Å². The summed E-state index contributed by atoms with van der Waals surface area (Å²) in [5.74, 6) is 0.778. The Bertz CT molecular complexity index is 342. The molecule has 1 aliphatic carbocycles. The van der Waals surface area contributed by atoms with Crippen LogP contribution in [0.5, 0.6) is 0 Å². The Labute approximate surface area is 102 Å². The van der Waals surface area contributed by atoms with Crippen molar-refractivity contribution in [2.75, 3.05) is 12.4 Å². The number of hydrogen-bond donors (Lipinski definition) is 1. The van der Waals surface area contributed by atoms with Crippen LogP contribution in [0.3, 0.4) is 0 Å². The van der Waals surface area contributed by atoms with Gasteiger partial charge in [-0.15, -0.1) is 11.6 Å². The second-order valence-corrected chi connectivity index (χ2v) is 5.39. The van der Waals surface area contributed by atoms with Crippen LogP contribution in [0.1, 0.15) is 38.4 Å². The fourth-order valence-electron chi connectivity index (χ4n) is 1.75. The summed E-state index contributed by atoms with van der Waals surface area (Å²) in [6.07, 6.45) is 4.57. The molecular formula is C12H20ClN3. The van der Waals surface area contributed by atoms with E-state index >= 15 is 0 Å². The molecule has 3 nitrogen and oxygen atoms in total. The molecule has 0 unspecified atom stereocenters. The molecule has 0 radical (unpaired) electrons. The summed E-state index contributed by atoms with van der Waals surface area (Å²) < 4.78 is 1.99. The second-order valence-electron chi connectivity index (χ2n) is 5.12. The smallest absolute Gasteiger partial charge is 0.0762 e. The summed E-state index contributed by atoms with van der Waals surface area (Å²) in [5, 5.41) is 7.94. The number of aromatic nitrogens is 2. The minimum Gasteiger partial charge on any atom is -0.311 e. The molecule has 0 amide bonds. The minimum atomic E-state index is 0.391. The summed E-state index contributed by atoms with van der Waals surface area (Å²) in [6.45, 7) is 6.14. The lowest BCUT2D eigenvalue weighted by molar-refractivity contribution is 0.490. The molecule has 1 aliphatic rings. The van der Waals surface area contributed by atoms with E-state index in [1.165, 1.54) is 12.8 Å². The van der Waals surface area contributed by atoms with Gasteiger partial charge >= 0.3 is 0 Å². The summed E-state index contributed by atoms with van der Waals surface area (Å²) in [6, 6.07) is 2.51. The standard InChI is InChI=1S/C12H20ClN3/c1-10(2)16-6-3-11(15-16)7-14-9-12(8-13)4-5-12/h3,6,10,14H,4-5,7-9H2,1-2H3. The average molecular weight is 242 g/mol. The third-order valence-corrected chi connectivity index (χ3v) is 3.81. The largest absolute Gasteiger partial charge is 0.311 e. The van der Waals surface area contributed by atoms with Crippen LogP contribution in [0.2, 0.25) is 0 Å². The highest BCUT2D eigenvalue weighted by molar-refractivity contribution is 6.18. The summed E-state index contributed by atoms with van der Waals surface area (Å²) in [7, 11) is 0. The fraction of sp³-hybridized carbons (Fsp3) is 0.750. The Kier molecular flexibility index (Phi) is 3.55. The molecule has 2 rings (SSSR count). The molecule has 4 heteroatoms. The van der Waals surface area contributed by atoms with Gasteiger partial charge in [0, 0.05) is 31.2 Å². The van der Waals surface area contributed by atoms with E-state index in [2.05, 4.69) is 30.3 Å². The lowest BCUT2D eigenvalue weighted by atomic mass is 10.1. The van der Waals surface area contributed by atoms with E-state index < -0.39 is 0 Å². The van der Waals surface area contributed by atoms with E-state index in [1.807, 2.05) is 10.9 Å². The normalized spacial score (nSPS) is 18.0. The first-order chi connectivity index (χ1) is 7.65. The fourth-order valence-corrected chi connectivity index (χ4v) is 2.11. The summed E-state index contributed by atoms with van der Waals surface area (Å²) in [5.41, 5.74) is 1.50. The zero-order chi connectivity index (χ0) is 11.6. The zero-order valence-corrected chi connectivity index (χ0v) is 10.8. The molecular weight excluding hydrogens is 222 g/mol. The molecule has 1 saturated carbocycles. The first-order valence-electron chi connectivity index (χ1n) is 5.96. The van der Waals surface area contributed by atoms with Gasteiger partial charge in [0.05, 0.1) is 5.69 Å². The van der Waals surface area contributed by atoms with Gasteiger partial charge in [-0.2, -0.15) is 5.10 Å². The molecule has 0 saturated heterocycles. The van der Waals surface area contributed by atoms with Crippen molar-refractivity contribution in [2.24, 2.45) is 5.41 Å². The number of halogens is 1. The van der Waals surface area contributed by atoms with Gasteiger partial charge in [0.2, 0.25) is 0 Å². The average Bonchev–Trinajstić information content (AvgIpc) is 2.88. The summed E-state index contributed by atoms with van der Waals surface area (Å²) >= 11 is 5.92. The highest BCUT2D eigenvalue weighted by Gasteiger charge is 2.41. The molecule has 90 valence electrons. The van der Waals surface area contributed by atoms with Gasteiger partial charge in [-0.25, -0.2) is 0 Å². The van der Waals surface area contributed by atoms with Gasteiger partial charge in [0.1, 0.15) is 0 Å². The van der Waals surface area contributed by atoms with Gasteiger partial charge in [0.15, 0.2) is 0 Å². The van der Waals surface area contributed by atoms with Gasteiger partial charge in [-0.3, -0.25) is 4.68 Å². The lowest BCUT2D eigenvalue weighted by Gasteiger charge is -2.11. The first-order valence-corrected chi connectivity index (χ1v) is 6.49. The third kappa shape index (κ3) is 2.77. The van der Waals surface area contributed by atoms with Crippen LogP contribution in [0.25, 0.3) is 0 Å². The maximum Gasteiger partial charge on any atom is 0.0762 e. The molecule has 1 heterocycles. The van der Waals surface area contributed by atoms with Crippen molar-refractivity contribution in [3.8, 4) is 0 Å². The molecule has 0 aromatic carbocycles. The van der Waals surface area contributed by atoms with Crippen molar-refractivity contribution >= 4 is 11.6 Å². The maximum atomic E-state index is 5.92. The number of rotatable bonds is 6. The predicted molar refractivity (Wildman–Crippen MR) is 66.7 cm³/mol. The maximum absolute atomic E-state index is 5.92. The van der Waals surface area contributed by atoms with Crippen LogP contribution in [0.15, 0.2) is 12.3 Å². The molecule has 0 atom stereocenters. The first kappa shape index (κ1) is 11.9. The Morgan fingerprint density at radius 2 is 2.31 bits per heavy atom. The van der Waals surface area contributed by atoms with Gasteiger partial charge < -0.3 is 5.32 Å². The van der Waals surface area contributed by atoms with Crippen molar-refractivity contribution in [1.82, 2.24) is 15.1 Å². The molecule has 0 bridgehead atoms. The highest BCUT2D eigenvalue weighted by Crippen LogP contribution is 2.45. The van der Waals surface area contributed by atoms with Crippen LogP contribution in [0.4, 0.5) is 0 Å². The van der Waals surface area contributed by atoms with Crippen LogP contribution in [-0.2, 0) is 6.54 Å². The molecule has 1 aromatic heterocycles. The lowest BCUT2D eigenvalue weighted by Crippen LogP contribution is -2.25. The van der Waals surface area contributed by atoms with E-state index in [9.17, 15) is 0 Å². The number of nitrogens with zero attached hydrogens (tertiary/aromatic N) is 2. The van der Waals surface area contributed by atoms with Gasteiger partial charge in [-0.1, -0.05) is 0 Å². The third-order valence-electron chi connectivity index (χ3n) is 3.24. The number of nitrogens with one attached hydrogen (secondary N) is 1. The Morgan fingerprint density at radius 3 is 2.81 bits per heavy atom. The van der Waals surface area contributed by atoms with Crippen molar-refractivity contribution < 1.29 is 0 Å². The molecule has 1 N–H and O–H groups in total.